The maximum atomic E-state index is 12.2. The van der Waals surface area contributed by atoms with E-state index in [0.717, 1.165) is 6.08 Å². The number of halogens is 2. The second-order valence-electron chi connectivity index (χ2n) is 4.57. The standard InChI is InChI=1S/C16H19F2NO6/c1-22-8-7-19-14(20)10-24-15(21)6-4-11-3-5-12(25-16(17)18)13(9-11)23-2/h3-6,9,16H,7-8,10H2,1-2H3,(H,19,20)/b6-4+. The summed E-state index contributed by atoms with van der Waals surface area (Å²) < 4.78 is 43.3. The second kappa shape index (κ2) is 11.0. The van der Waals surface area contributed by atoms with Gasteiger partial charge < -0.3 is 24.3 Å². The van der Waals surface area contributed by atoms with Crippen molar-refractivity contribution in [1.82, 2.24) is 5.32 Å². The van der Waals surface area contributed by atoms with Gasteiger partial charge in [0.1, 0.15) is 0 Å². The molecule has 25 heavy (non-hydrogen) atoms. The molecule has 0 fully saturated rings. The molecule has 0 aromatic heterocycles. The molecule has 1 aromatic rings. The minimum atomic E-state index is -2.97. The number of nitrogens with one attached hydrogen (secondary N) is 1. The highest BCUT2D eigenvalue weighted by Gasteiger charge is 2.10. The summed E-state index contributed by atoms with van der Waals surface area (Å²) >= 11 is 0. The van der Waals surface area contributed by atoms with Gasteiger partial charge in [-0.3, -0.25) is 4.79 Å². The minimum absolute atomic E-state index is 0.0911. The van der Waals surface area contributed by atoms with E-state index in [4.69, 9.17) is 14.2 Å². The van der Waals surface area contributed by atoms with Gasteiger partial charge in [-0.25, -0.2) is 4.79 Å². The Morgan fingerprint density at radius 1 is 1.24 bits per heavy atom. The zero-order valence-corrected chi connectivity index (χ0v) is 13.8. The lowest BCUT2D eigenvalue weighted by molar-refractivity contribution is -0.143. The molecule has 9 heteroatoms. The number of hydrogen-bond acceptors (Lipinski definition) is 6. The van der Waals surface area contributed by atoms with Gasteiger partial charge in [-0.05, 0) is 23.8 Å². The van der Waals surface area contributed by atoms with Crippen LogP contribution in [0.4, 0.5) is 8.78 Å². The molecule has 0 aliphatic heterocycles. The van der Waals surface area contributed by atoms with E-state index in [0.29, 0.717) is 18.7 Å². The van der Waals surface area contributed by atoms with Gasteiger partial charge in [0.05, 0.1) is 13.7 Å². The average molecular weight is 359 g/mol. The number of methoxy groups -OCH3 is 2. The molecular weight excluding hydrogens is 340 g/mol. The number of ether oxygens (including phenoxy) is 4. The smallest absolute Gasteiger partial charge is 0.387 e. The topological polar surface area (TPSA) is 83.1 Å². The van der Waals surface area contributed by atoms with E-state index < -0.39 is 25.1 Å². The van der Waals surface area contributed by atoms with Crippen molar-refractivity contribution in [1.29, 1.82) is 0 Å². The van der Waals surface area contributed by atoms with E-state index in [-0.39, 0.29) is 11.5 Å². The van der Waals surface area contributed by atoms with E-state index in [1.807, 2.05) is 0 Å². The lowest BCUT2D eigenvalue weighted by Crippen LogP contribution is -2.31. The second-order valence-corrected chi connectivity index (χ2v) is 4.57. The molecule has 0 unspecified atom stereocenters. The minimum Gasteiger partial charge on any atom is -0.493 e. The molecule has 138 valence electrons. The van der Waals surface area contributed by atoms with Crippen molar-refractivity contribution in [2.45, 2.75) is 6.61 Å². The first-order valence-corrected chi connectivity index (χ1v) is 7.19. The van der Waals surface area contributed by atoms with E-state index in [9.17, 15) is 18.4 Å². The molecule has 0 heterocycles. The third-order valence-electron chi connectivity index (χ3n) is 2.79. The summed E-state index contributed by atoms with van der Waals surface area (Å²) in [5.41, 5.74) is 0.500. The highest BCUT2D eigenvalue weighted by Crippen LogP contribution is 2.29. The first kappa shape index (κ1) is 20.4. The Bertz CT molecular complexity index is 606. The van der Waals surface area contributed by atoms with Gasteiger partial charge >= 0.3 is 12.6 Å². The predicted molar refractivity (Wildman–Crippen MR) is 84.5 cm³/mol. The van der Waals surface area contributed by atoms with Gasteiger partial charge in [0.15, 0.2) is 18.1 Å². The summed E-state index contributed by atoms with van der Waals surface area (Å²) in [5.74, 6) is -1.21. The molecular formula is C16H19F2NO6. The van der Waals surface area contributed by atoms with Crippen LogP contribution in [0.2, 0.25) is 0 Å². The first-order chi connectivity index (χ1) is 12.0. The molecule has 1 N–H and O–H groups in total. The van der Waals surface area contributed by atoms with E-state index in [2.05, 4.69) is 10.1 Å². The number of rotatable bonds is 10. The Morgan fingerprint density at radius 2 is 2.00 bits per heavy atom. The molecule has 1 aromatic carbocycles. The molecule has 0 aliphatic rings. The average Bonchev–Trinajstić information content (AvgIpc) is 2.58. The Balaban J connectivity index is 2.54. The summed E-state index contributed by atoms with van der Waals surface area (Å²) in [5, 5.41) is 2.49. The normalized spacial score (nSPS) is 10.8. The van der Waals surface area contributed by atoms with Crippen LogP contribution in [0.15, 0.2) is 24.3 Å². The number of carbonyl (C=O) groups is 2. The van der Waals surface area contributed by atoms with Gasteiger partial charge in [-0.15, -0.1) is 0 Å². The molecule has 0 saturated carbocycles. The molecule has 0 spiro atoms. The molecule has 0 saturated heterocycles. The van der Waals surface area contributed by atoms with Gasteiger partial charge in [0.25, 0.3) is 5.91 Å². The fourth-order valence-electron chi connectivity index (χ4n) is 1.67. The highest BCUT2D eigenvalue weighted by molar-refractivity contribution is 5.89. The van der Waals surface area contributed by atoms with Gasteiger partial charge in [-0.2, -0.15) is 8.78 Å². The van der Waals surface area contributed by atoms with Crippen molar-refractivity contribution in [3.8, 4) is 11.5 Å². The van der Waals surface area contributed by atoms with Gasteiger partial charge in [0.2, 0.25) is 0 Å². The van der Waals surface area contributed by atoms with Crippen LogP contribution >= 0.6 is 0 Å². The van der Waals surface area contributed by atoms with E-state index in [1.54, 1.807) is 0 Å². The van der Waals surface area contributed by atoms with Crippen molar-refractivity contribution < 1.29 is 37.3 Å². The lowest BCUT2D eigenvalue weighted by atomic mass is 10.2. The molecule has 0 aliphatic carbocycles. The van der Waals surface area contributed by atoms with Crippen LogP contribution in [0, 0.1) is 0 Å². The third-order valence-corrected chi connectivity index (χ3v) is 2.79. The maximum absolute atomic E-state index is 12.2. The highest BCUT2D eigenvalue weighted by atomic mass is 19.3. The SMILES string of the molecule is COCCNC(=O)COC(=O)/C=C/c1ccc(OC(F)F)c(OC)c1. The Kier molecular flexibility index (Phi) is 8.94. The number of alkyl halides is 2. The van der Waals surface area contributed by atoms with Gasteiger partial charge in [-0.1, -0.05) is 6.07 Å². The largest absolute Gasteiger partial charge is 0.493 e. The van der Waals surface area contributed by atoms with Crippen LogP contribution in [0.25, 0.3) is 6.08 Å². The lowest BCUT2D eigenvalue weighted by Gasteiger charge is -2.10. The molecule has 0 atom stereocenters. The fraction of sp³-hybridized carbons (Fsp3) is 0.375. The van der Waals surface area contributed by atoms with Gasteiger partial charge in [0, 0.05) is 19.7 Å². The van der Waals surface area contributed by atoms with Crippen LogP contribution in [0.3, 0.4) is 0 Å². The summed E-state index contributed by atoms with van der Waals surface area (Å²) in [6.07, 6.45) is 2.49. The molecule has 0 bridgehead atoms. The van der Waals surface area contributed by atoms with Crippen molar-refractivity contribution in [3.63, 3.8) is 0 Å². The molecule has 7 nitrogen and oxygen atoms in total. The predicted octanol–water partition coefficient (Wildman–Crippen LogP) is 1.62. The monoisotopic (exact) mass is 359 g/mol. The molecule has 1 amide bonds. The van der Waals surface area contributed by atoms with E-state index >= 15 is 0 Å². The van der Waals surface area contributed by atoms with Crippen molar-refractivity contribution >= 4 is 18.0 Å². The number of benzene rings is 1. The third kappa shape index (κ3) is 8.11. The number of esters is 1. The summed E-state index contributed by atoms with van der Waals surface area (Å²) in [6.45, 7) is -2.72. The summed E-state index contributed by atoms with van der Waals surface area (Å²) in [7, 11) is 2.80. The number of carbonyl (C=O) groups excluding carboxylic acids is 2. The Labute approximate surface area is 143 Å². The Morgan fingerprint density at radius 3 is 2.64 bits per heavy atom. The van der Waals surface area contributed by atoms with Crippen molar-refractivity contribution in [3.05, 3.63) is 29.8 Å². The van der Waals surface area contributed by atoms with Crippen LogP contribution < -0.4 is 14.8 Å². The van der Waals surface area contributed by atoms with Crippen molar-refractivity contribution in [2.24, 2.45) is 0 Å². The molecule has 0 radical (unpaired) electrons. The zero-order valence-electron chi connectivity index (χ0n) is 13.8. The van der Waals surface area contributed by atoms with Crippen molar-refractivity contribution in [2.75, 3.05) is 34.0 Å². The zero-order chi connectivity index (χ0) is 18.7. The quantitative estimate of drug-likeness (QED) is 0.388. The van der Waals surface area contributed by atoms with E-state index in [1.165, 1.54) is 38.5 Å². The van der Waals surface area contributed by atoms with Crippen LogP contribution in [0.1, 0.15) is 5.56 Å². The summed E-state index contributed by atoms with van der Waals surface area (Å²) in [6, 6.07) is 4.17. The number of hydrogen-bond donors (Lipinski definition) is 1. The first-order valence-electron chi connectivity index (χ1n) is 7.19. The van der Waals surface area contributed by atoms with Crippen LogP contribution in [-0.4, -0.2) is 52.5 Å². The fourth-order valence-corrected chi connectivity index (χ4v) is 1.67. The molecule has 1 rings (SSSR count). The maximum Gasteiger partial charge on any atom is 0.387 e. The number of amides is 1. The van der Waals surface area contributed by atoms with Crippen LogP contribution in [0.5, 0.6) is 11.5 Å². The summed E-state index contributed by atoms with van der Waals surface area (Å²) in [4.78, 5) is 22.9. The van der Waals surface area contributed by atoms with Crippen LogP contribution in [-0.2, 0) is 19.1 Å². The Hall–Kier alpha value is -2.68.